The first-order valence-corrected chi connectivity index (χ1v) is 6.12. The van der Waals surface area contributed by atoms with Gasteiger partial charge in [-0.1, -0.05) is 11.6 Å². The zero-order chi connectivity index (χ0) is 13.4. The number of pyridine rings is 1. The fourth-order valence-electron chi connectivity index (χ4n) is 1.40. The number of carbonyl (C=O) groups excluding carboxylic acids is 1. The van der Waals surface area contributed by atoms with Crippen LogP contribution in [0, 0.1) is 6.92 Å². The summed E-state index contributed by atoms with van der Waals surface area (Å²) in [6, 6.07) is 3.22. The van der Waals surface area contributed by atoms with Crippen LogP contribution >= 0.6 is 11.6 Å². The molecule has 1 amide bonds. The maximum atomic E-state index is 11.8. The van der Waals surface area contributed by atoms with Crippen LogP contribution in [-0.4, -0.2) is 42.4 Å². The van der Waals surface area contributed by atoms with Crippen LogP contribution in [0.2, 0.25) is 5.15 Å². The van der Waals surface area contributed by atoms with E-state index >= 15 is 0 Å². The minimum Gasteiger partial charge on any atom is -0.394 e. The van der Waals surface area contributed by atoms with Gasteiger partial charge in [0.05, 0.1) is 13.2 Å². The van der Waals surface area contributed by atoms with Crippen LogP contribution in [0.4, 0.5) is 0 Å². The summed E-state index contributed by atoms with van der Waals surface area (Å²) in [6.07, 6.45) is 0.698. The molecule has 1 rings (SSSR count). The van der Waals surface area contributed by atoms with E-state index in [0.717, 1.165) is 0 Å². The topological polar surface area (TPSA) is 71.5 Å². The first kappa shape index (κ1) is 14.9. The highest BCUT2D eigenvalue weighted by Crippen LogP contribution is 2.10. The Morgan fingerprint density at radius 1 is 1.50 bits per heavy atom. The first-order chi connectivity index (χ1) is 8.63. The summed E-state index contributed by atoms with van der Waals surface area (Å²) in [7, 11) is 0. The lowest BCUT2D eigenvalue weighted by Crippen LogP contribution is -2.25. The third-order valence-electron chi connectivity index (χ3n) is 2.17. The molecule has 0 spiro atoms. The van der Waals surface area contributed by atoms with Crippen LogP contribution < -0.4 is 5.32 Å². The number of nitrogens with one attached hydrogen (secondary N) is 1. The van der Waals surface area contributed by atoms with E-state index in [1.54, 1.807) is 13.0 Å². The van der Waals surface area contributed by atoms with Crippen molar-refractivity contribution in [1.29, 1.82) is 0 Å². The number of carbonyl (C=O) groups is 1. The van der Waals surface area contributed by atoms with E-state index in [4.69, 9.17) is 21.4 Å². The van der Waals surface area contributed by atoms with Crippen molar-refractivity contribution in [2.75, 3.05) is 26.4 Å². The van der Waals surface area contributed by atoms with E-state index in [9.17, 15) is 4.79 Å². The Hall–Kier alpha value is -1.17. The highest BCUT2D eigenvalue weighted by atomic mass is 35.5. The van der Waals surface area contributed by atoms with Gasteiger partial charge in [0.1, 0.15) is 5.15 Å². The SMILES string of the molecule is Cc1cc(C(=O)NCCCOCCO)cc(Cl)n1. The van der Waals surface area contributed by atoms with E-state index in [1.807, 2.05) is 0 Å². The van der Waals surface area contributed by atoms with Crippen LogP contribution in [0.5, 0.6) is 0 Å². The lowest BCUT2D eigenvalue weighted by molar-refractivity contribution is 0.0867. The highest BCUT2D eigenvalue weighted by Gasteiger charge is 2.07. The molecule has 6 heteroatoms. The maximum absolute atomic E-state index is 11.8. The number of rotatable bonds is 7. The van der Waals surface area contributed by atoms with Crippen molar-refractivity contribution >= 4 is 17.5 Å². The number of hydrogen-bond donors (Lipinski definition) is 2. The van der Waals surface area contributed by atoms with Gasteiger partial charge in [-0.25, -0.2) is 4.98 Å². The normalized spacial score (nSPS) is 10.4. The summed E-state index contributed by atoms with van der Waals surface area (Å²) in [5, 5.41) is 11.6. The van der Waals surface area contributed by atoms with E-state index in [2.05, 4.69) is 10.3 Å². The fraction of sp³-hybridized carbons (Fsp3) is 0.500. The molecule has 5 nitrogen and oxygen atoms in total. The predicted octanol–water partition coefficient (Wildman–Crippen LogP) is 1.17. The standard InChI is InChI=1S/C12H17ClN2O3/c1-9-7-10(8-11(13)15-9)12(17)14-3-2-5-18-6-4-16/h7-8,16H,2-6H2,1H3,(H,14,17). The van der Waals surface area contributed by atoms with Crippen LogP contribution in [0.1, 0.15) is 22.5 Å². The lowest BCUT2D eigenvalue weighted by Gasteiger charge is -2.06. The van der Waals surface area contributed by atoms with E-state index in [1.165, 1.54) is 6.07 Å². The number of aliphatic hydroxyl groups is 1. The second-order valence-electron chi connectivity index (χ2n) is 3.77. The molecule has 1 aromatic rings. The Balaban J connectivity index is 2.32. The molecule has 2 N–H and O–H groups in total. The van der Waals surface area contributed by atoms with Crippen LogP contribution in [0.25, 0.3) is 0 Å². The van der Waals surface area contributed by atoms with Crippen LogP contribution in [0.15, 0.2) is 12.1 Å². The molecule has 0 fully saturated rings. The van der Waals surface area contributed by atoms with Gasteiger partial charge in [-0.3, -0.25) is 4.79 Å². The Morgan fingerprint density at radius 2 is 2.28 bits per heavy atom. The van der Waals surface area contributed by atoms with Crippen molar-refractivity contribution in [3.05, 3.63) is 28.5 Å². The van der Waals surface area contributed by atoms with Gasteiger partial charge < -0.3 is 15.2 Å². The number of aromatic nitrogens is 1. The molecule has 0 saturated carbocycles. The summed E-state index contributed by atoms with van der Waals surface area (Å²) in [6.45, 7) is 3.15. The van der Waals surface area contributed by atoms with Gasteiger partial charge in [0.2, 0.25) is 0 Å². The molecule has 1 heterocycles. The number of amides is 1. The van der Waals surface area contributed by atoms with Crippen molar-refractivity contribution in [3.8, 4) is 0 Å². The third kappa shape index (κ3) is 5.44. The smallest absolute Gasteiger partial charge is 0.251 e. The molecule has 1 aromatic heterocycles. The molecule has 0 unspecified atom stereocenters. The third-order valence-corrected chi connectivity index (χ3v) is 2.36. The fourth-order valence-corrected chi connectivity index (χ4v) is 1.65. The predicted molar refractivity (Wildman–Crippen MR) is 68.8 cm³/mol. The van der Waals surface area contributed by atoms with Gasteiger partial charge in [-0.05, 0) is 25.5 Å². The lowest BCUT2D eigenvalue weighted by atomic mass is 10.2. The molecule has 0 aliphatic heterocycles. The van der Waals surface area contributed by atoms with Crippen LogP contribution in [-0.2, 0) is 4.74 Å². The van der Waals surface area contributed by atoms with Gasteiger partial charge in [0.15, 0.2) is 0 Å². The average Bonchev–Trinajstić information content (AvgIpc) is 2.32. The molecule has 0 saturated heterocycles. The second kappa shape index (κ2) is 8.02. The summed E-state index contributed by atoms with van der Waals surface area (Å²) >= 11 is 5.78. The largest absolute Gasteiger partial charge is 0.394 e. The number of ether oxygens (including phenoxy) is 1. The zero-order valence-corrected chi connectivity index (χ0v) is 11.0. The quantitative estimate of drug-likeness (QED) is 0.577. The summed E-state index contributed by atoms with van der Waals surface area (Å²) in [4.78, 5) is 15.7. The average molecular weight is 273 g/mol. The molecular weight excluding hydrogens is 256 g/mol. The first-order valence-electron chi connectivity index (χ1n) is 5.74. The molecular formula is C12H17ClN2O3. The van der Waals surface area contributed by atoms with Gasteiger partial charge in [0.25, 0.3) is 5.91 Å². The number of hydrogen-bond acceptors (Lipinski definition) is 4. The molecule has 0 bridgehead atoms. The molecule has 0 aliphatic carbocycles. The van der Waals surface area contributed by atoms with Crippen molar-refractivity contribution in [1.82, 2.24) is 10.3 Å². The Morgan fingerprint density at radius 3 is 2.94 bits per heavy atom. The number of halogens is 1. The summed E-state index contributed by atoms with van der Waals surface area (Å²) in [5.41, 5.74) is 1.21. The zero-order valence-electron chi connectivity index (χ0n) is 10.3. The number of nitrogens with zero attached hydrogens (tertiary/aromatic N) is 1. The maximum Gasteiger partial charge on any atom is 0.251 e. The molecule has 0 aliphatic rings. The number of aryl methyl sites for hydroxylation is 1. The van der Waals surface area contributed by atoms with Gasteiger partial charge >= 0.3 is 0 Å². The number of aliphatic hydroxyl groups excluding tert-OH is 1. The van der Waals surface area contributed by atoms with E-state index in [-0.39, 0.29) is 12.5 Å². The molecule has 18 heavy (non-hydrogen) atoms. The Kier molecular flexibility index (Phi) is 6.64. The summed E-state index contributed by atoms with van der Waals surface area (Å²) in [5.74, 6) is -0.176. The second-order valence-corrected chi connectivity index (χ2v) is 4.15. The van der Waals surface area contributed by atoms with Crippen molar-refractivity contribution in [2.24, 2.45) is 0 Å². The monoisotopic (exact) mass is 272 g/mol. The summed E-state index contributed by atoms with van der Waals surface area (Å²) < 4.78 is 5.08. The minimum absolute atomic E-state index is 0.0150. The van der Waals surface area contributed by atoms with Gasteiger partial charge in [-0.2, -0.15) is 0 Å². The molecule has 100 valence electrons. The van der Waals surface area contributed by atoms with Crippen molar-refractivity contribution < 1.29 is 14.6 Å². The Bertz CT molecular complexity index is 379. The molecule has 0 atom stereocenters. The van der Waals surface area contributed by atoms with E-state index < -0.39 is 0 Å². The van der Waals surface area contributed by atoms with Crippen LogP contribution in [0.3, 0.4) is 0 Å². The molecule has 0 radical (unpaired) electrons. The minimum atomic E-state index is -0.176. The molecule has 0 aromatic carbocycles. The highest BCUT2D eigenvalue weighted by molar-refractivity contribution is 6.29. The van der Waals surface area contributed by atoms with Gasteiger partial charge in [-0.15, -0.1) is 0 Å². The Labute approximate surface area is 111 Å². The van der Waals surface area contributed by atoms with Crippen molar-refractivity contribution in [2.45, 2.75) is 13.3 Å². The van der Waals surface area contributed by atoms with E-state index in [0.29, 0.717) is 42.6 Å². The van der Waals surface area contributed by atoms with Crippen molar-refractivity contribution in [3.63, 3.8) is 0 Å². The van der Waals surface area contributed by atoms with Gasteiger partial charge in [0, 0.05) is 24.4 Å².